The molecule has 0 saturated heterocycles. The Morgan fingerprint density at radius 3 is 1.76 bits per heavy atom. The first-order valence-electron chi connectivity index (χ1n) is 8.15. The summed E-state index contributed by atoms with van der Waals surface area (Å²) in [4.78, 5) is 14.7. The van der Waals surface area contributed by atoms with E-state index in [2.05, 4.69) is 65.8 Å². The molecule has 0 fully saturated rings. The summed E-state index contributed by atoms with van der Waals surface area (Å²) in [5.41, 5.74) is 2.46. The third-order valence-corrected chi connectivity index (χ3v) is 3.86. The van der Waals surface area contributed by atoms with Crippen LogP contribution in [0.15, 0.2) is 24.3 Å². The molecule has 1 aromatic carbocycles. The molecule has 0 saturated carbocycles. The zero-order chi connectivity index (χ0) is 16.2. The van der Waals surface area contributed by atoms with Gasteiger partial charge in [-0.3, -0.25) is 4.79 Å². The number of nitrogens with zero attached hydrogens (tertiary/aromatic N) is 1. The lowest BCUT2D eigenvalue weighted by Gasteiger charge is -2.33. The molecular weight excluding hydrogens is 258 g/mol. The molecule has 1 aromatic rings. The molecule has 0 N–H and O–H groups in total. The van der Waals surface area contributed by atoms with E-state index in [1.165, 1.54) is 5.56 Å². The summed E-state index contributed by atoms with van der Waals surface area (Å²) >= 11 is 0. The van der Waals surface area contributed by atoms with Crippen molar-refractivity contribution in [2.75, 3.05) is 0 Å². The van der Waals surface area contributed by atoms with Crippen LogP contribution >= 0.6 is 0 Å². The van der Waals surface area contributed by atoms with E-state index in [-0.39, 0.29) is 23.9 Å². The van der Waals surface area contributed by atoms with E-state index in [1.54, 1.807) is 0 Å². The van der Waals surface area contributed by atoms with E-state index in [1.807, 2.05) is 11.8 Å². The molecule has 0 aromatic heterocycles. The van der Waals surface area contributed by atoms with Crippen LogP contribution in [0, 0.1) is 5.92 Å². The van der Waals surface area contributed by atoms with Crippen molar-refractivity contribution in [2.45, 2.75) is 72.9 Å². The lowest BCUT2D eigenvalue weighted by Crippen LogP contribution is -2.44. The van der Waals surface area contributed by atoms with E-state index in [9.17, 15) is 4.79 Å². The zero-order valence-corrected chi connectivity index (χ0v) is 14.7. The van der Waals surface area contributed by atoms with Crippen LogP contribution < -0.4 is 0 Å². The lowest BCUT2D eigenvalue weighted by atomic mass is 9.95. The normalized spacial score (nSPS) is 13.0. The smallest absolute Gasteiger partial charge is 0.230 e. The van der Waals surface area contributed by atoms with Crippen LogP contribution in [-0.2, 0) is 11.2 Å². The Balaban J connectivity index is 2.87. The van der Waals surface area contributed by atoms with Crippen LogP contribution in [0.1, 0.15) is 65.5 Å². The third kappa shape index (κ3) is 4.87. The number of carbonyl (C=O) groups is 1. The second-order valence-electron chi connectivity index (χ2n) is 6.99. The minimum atomic E-state index is -0.0806. The molecule has 0 aliphatic rings. The Hall–Kier alpha value is -1.31. The number of hydrogen-bond donors (Lipinski definition) is 0. The molecule has 0 bridgehead atoms. The molecule has 1 rings (SSSR count). The van der Waals surface area contributed by atoms with Crippen LogP contribution in [0.4, 0.5) is 0 Å². The number of benzene rings is 1. The SMILES string of the molecule is CC(C)Cc1ccc([C@H](C)C(=O)N(C(C)C)C(C)C)cc1. The summed E-state index contributed by atoms with van der Waals surface area (Å²) in [6.07, 6.45) is 1.09. The predicted molar refractivity (Wildman–Crippen MR) is 90.5 cm³/mol. The van der Waals surface area contributed by atoms with Crippen molar-refractivity contribution in [2.24, 2.45) is 5.92 Å². The number of hydrogen-bond acceptors (Lipinski definition) is 1. The van der Waals surface area contributed by atoms with Gasteiger partial charge in [0.25, 0.3) is 0 Å². The molecule has 0 radical (unpaired) electrons. The maximum atomic E-state index is 12.7. The highest BCUT2D eigenvalue weighted by Crippen LogP contribution is 2.22. The van der Waals surface area contributed by atoms with Crippen molar-refractivity contribution in [3.8, 4) is 0 Å². The van der Waals surface area contributed by atoms with E-state index in [0.29, 0.717) is 5.92 Å². The summed E-state index contributed by atoms with van der Waals surface area (Å²) in [6.45, 7) is 14.8. The highest BCUT2D eigenvalue weighted by atomic mass is 16.2. The minimum Gasteiger partial charge on any atom is -0.337 e. The first-order chi connectivity index (χ1) is 9.73. The van der Waals surface area contributed by atoms with Crippen LogP contribution in [0.25, 0.3) is 0 Å². The topological polar surface area (TPSA) is 20.3 Å². The fraction of sp³-hybridized carbons (Fsp3) is 0.632. The van der Waals surface area contributed by atoms with Gasteiger partial charge in [0, 0.05) is 12.1 Å². The van der Waals surface area contributed by atoms with E-state index >= 15 is 0 Å². The summed E-state index contributed by atoms with van der Waals surface area (Å²) in [6, 6.07) is 9.01. The summed E-state index contributed by atoms with van der Waals surface area (Å²) < 4.78 is 0. The van der Waals surface area contributed by atoms with Crippen molar-refractivity contribution >= 4 is 5.91 Å². The summed E-state index contributed by atoms with van der Waals surface area (Å²) in [5, 5.41) is 0. The van der Waals surface area contributed by atoms with Gasteiger partial charge >= 0.3 is 0 Å². The molecule has 0 unspecified atom stereocenters. The van der Waals surface area contributed by atoms with Crippen LogP contribution in [0.5, 0.6) is 0 Å². The van der Waals surface area contributed by atoms with Gasteiger partial charge in [0.1, 0.15) is 0 Å². The fourth-order valence-electron chi connectivity index (χ4n) is 2.89. The predicted octanol–water partition coefficient (Wildman–Crippen LogP) is 4.63. The zero-order valence-electron chi connectivity index (χ0n) is 14.7. The Bertz CT molecular complexity index is 437. The third-order valence-electron chi connectivity index (χ3n) is 3.86. The summed E-state index contributed by atoms with van der Waals surface area (Å²) in [5.74, 6) is 0.798. The van der Waals surface area contributed by atoms with Gasteiger partial charge in [-0.1, -0.05) is 38.1 Å². The van der Waals surface area contributed by atoms with Crippen molar-refractivity contribution in [3.63, 3.8) is 0 Å². The van der Waals surface area contributed by atoms with Gasteiger partial charge in [-0.25, -0.2) is 0 Å². The number of amides is 1. The van der Waals surface area contributed by atoms with Crippen molar-refractivity contribution < 1.29 is 4.79 Å². The van der Waals surface area contributed by atoms with Gasteiger partial charge < -0.3 is 4.90 Å². The van der Waals surface area contributed by atoms with Crippen molar-refractivity contribution in [1.29, 1.82) is 0 Å². The highest BCUT2D eigenvalue weighted by Gasteiger charge is 2.25. The van der Waals surface area contributed by atoms with Crippen molar-refractivity contribution in [3.05, 3.63) is 35.4 Å². The van der Waals surface area contributed by atoms with E-state index < -0.39 is 0 Å². The highest BCUT2D eigenvalue weighted by molar-refractivity contribution is 5.83. The average Bonchev–Trinajstić information content (AvgIpc) is 2.37. The maximum absolute atomic E-state index is 12.7. The molecule has 0 heterocycles. The lowest BCUT2D eigenvalue weighted by molar-refractivity contribution is -0.136. The minimum absolute atomic E-state index is 0.0806. The van der Waals surface area contributed by atoms with Gasteiger partial charge in [-0.05, 0) is 58.1 Å². The second kappa shape index (κ2) is 7.63. The first-order valence-corrected chi connectivity index (χ1v) is 8.15. The molecule has 1 amide bonds. The molecule has 0 aliphatic heterocycles. The first kappa shape index (κ1) is 17.7. The molecule has 21 heavy (non-hydrogen) atoms. The maximum Gasteiger partial charge on any atom is 0.230 e. The quantitative estimate of drug-likeness (QED) is 0.747. The van der Waals surface area contributed by atoms with Crippen LogP contribution in [0.2, 0.25) is 0 Å². The Morgan fingerprint density at radius 2 is 1.38 bits per heavy atom. The van der Waals surface area contributed by atoms with Gasteiger partial charge in [0.2, 0.25) is 5.91 Å². The Labute approximate surface area is 130 Å². The van der Waals surface area contributed by atoms with Gasteiger partial charge in [-0.2, -0.15) is 0 Å². The average molecular weight is 289 g/mol. The Morgan fingerprint density at radius 1 is 0.905 bits per heavy atom. The molecule has 0 spiro atoms. The molecule has 0 aliphatic carbocycles. The van der Waals surface area contributed by atoms with E-state index in [4.69, 9.17) is 0 Å². The summed E-state index contributed by atoms with van der Waals surface area (Å²) in [7, 11) is 0. The van der Waals surface area contributed by atoms with Crippen LogP contribution in [-0.4, -0.2) is 22.9 Å². The standard InChI is InChI=1S/C19H31NO/c1-13(2)12-17-8-10-18(11-9-17)16(7)19(21)20(14(3)4)15(5)6/h8-11,13-16H,12H2,1-7H3/t16-/m0/s1. The molecule has 2 heteroatoms. The largest absolute Gasteiger partial charge is 0.337 e. The fourth-order valence-corrected chi connectivity index (χ4v) is 2.89. The Kier molecular flexibility index (Phi) is 6.44. The molecule has 1 atom stereocenters. The van der Waals surface area contributed by atoms with Gasteiger partial charge in [-0.15, -0.1) is 0 Å². The van der Waals surface area contributed by atoms with E-state index in [0.717, 1.165) is 12.0 Å². The molecular formula is C19H31NO. The number of carbonyl (C=O) groups excluding carboxylic acids is 1. The van der Waals surface area contributed by atoms with Gasteiger partial charge in [0.05, 0.1) is 5.92 Å². The number of rotatable bonds is 6. The second-order valence-corrected chi connectivity index (χ2v) is 6.99. The molecule has 2 nitrogen and oxygen atoms in total. The molecule has 118 valence electrons. The monoisotopic (exact) mass is 289 g/mol. The van der Waals surface area contributed by atoms with Crippen LogP contribution in [0.3, 0.4) is 0 Å². The van der Waals surface area contributed by atoms with Gasteiger partial charge in [0.15, 0.2) is 0 Å². The van der Waals surface area contributed by atoms with Crippen molar-refractivity contribution in [1.82, 2.24) is 4.90 Å².